The van der Waals surface area contributed by atoms with Crippen LogP contribution in [0.1, 0.15) is 11.1 Å². The lowest BCUT2D eigenvalue weighted by molar-refractivity contribution is 0.271. The Bertz CT molecular complexity index is 520. The normalized spacial score (nSPS) is 16.0. The van der Waals surface area contributed by atoms with Gasteiger partial charge in [-0.25, -0.2) is 0 Å². The maximum Gasteiger partial charge on any atom is 0.145 e. The number of hydrogen-bond acceptors (Lipinski definition) is 3. The molecule has 2 heterocycles. The summed E-state index contributed by atoms with van der Waals surface area (Å²) in [5, 5.41) is 4.23. The number of aromatic nitrogens is 2. The zero-order valence-electron chi connectivity index (χ0n) is 11.1. The average Bonchev–Trinajstić information content (AvgIpc) is 2.73. The Hall–Kier alpha value is -1.81. The Morgan fingerprint density at radius 3 is 2.26 bits per heavy atom. The molecule has 0 amide bonds. The van der Waals surface area contributed by atoms with Gasteiger partial charge >= 0.3 is 0 Å². The largest absolute Gasteiger partial charge is 0.382 e. The molecule has 0 unspecified atom stereocenters. The number of fused-ring (bicyclic) bond motifs is 1. The molecule has 0 fully saturated rings. The zero-order valence-corrected chi connectivity index (χ0v) is 11.1. The highest BCUT2D eigenvalue weighted by Crippen LogP contribution is 2.15. The van der Waals surface area contributed by atoms with Crippen LogP contribution in [0.25, 0.3) is 0 Å². The van der Waals surface area contributed by atoms with Crippen molar-refractivity contribution in [3.63, 3.8) is 0 Å². The first-order valence-corrected chi connectivity index (χ1v) is 6.89. The lowest BCUT2D eigenvalue weighted by Crippen LogP contribution is -2.30. The fraction of sp³-hybridized carbons (Fsp3) is 0.400. The van der Waals surface area contributed by atoms with Crippen molar-refractivity contribution in [2.24, 2.45) is 0 Å². The second kappa shape index (κ2) is 5.45. The zero-order chi connectivity index (χ0) is 13.1. The van der Waals surface area contributed by atoms with Crippen LogP contribution in [-0.2, 0) is 19.4 Å². The molecular formula is C15H20N4. The van der Waals surface area contributed by atoms with E-state index in [0.29, 0.717) is 5.82 Å². The highest BCUT2D eigenvalue weighted by atomic mass is 15.3. The van der Waals surface area contributed by atoms with Gasteiger partial charge in [0.05, 0.1) is 6.54 Å². The van der Waals surface area contributed by atoms with Gasteiger partial charge in [0.25, 0.3) is 0 Å². The summed E-state index contributed by atoms with van der Waals surface area (Å²) in [6.07, 6.45) is 4.25. The van der Waals surface area contributed by atoms with Crippen molar-refractivity contribution >= 4 is 5.82 Å². The molecule has 19 heavy (non-hydrogen) atoms. The molecule has 0 aliphatic carbocycles. The van der Waals surface area contributed by atoms with Gasteiger partial charge in [-0.3, -0.25) is 4.68 Å². The highest BCUT2D eigenvalue weighted by Gasteiger charge is 2.13. The maximum atomic E-state index is 5.62. The van der Waals surface area contributed by atoms with Crippen molar-refractivity contribution in [3.05, 3.63) is 47.7 Å². The first-order chi connectivity index (χ1) is 9.31. The third-order valence-electron chi connectivity index (χ3n) is 3.82. The van der Waals surface area contributed by atoms with Gasteiger partial charge in [0, 0.05) is 25.8 Å². The third-order valence-corrected chi connectivity index (χ3v) is 3.82. The second-order valence-electron chi connectivity index (χ2n) is 5.11. The van der Waals surface area contributed by atoms with E-state index in [9.17, 15) is 0 Å². The molecule has 0 spiro atoms. The molecule has 1 aromatic carbocycles. The summed E-state index contributed by atoms with van der Waals surface area (Å²) in [7, 11) is 0. The molecule has 0 radical (unpaired) electrons. The van der Waals surface area contributed by atoms with E-state index in [1.165, 1.54) is 11.1 Å². The van der Waals surface area contributed by atoms with Gasteiger partial charge in [-0.1, -0.05) is 24.3 Å². The molecule has 0 bridgehead atoms. The van der Waals surface area contributed by atoms with E-state index >= 15 is 0 Å². The topological polar surface area (TPSA) is 47.1 Å². The van der Waals surface area contributed by atoms with Gasteiger partial charge in [0.2, 0.25) is 0 Å². The quantitative estimate of drug-likeness (QED) is 0.906. The van der Waals surface area contributed by atoms with E-state index in [4.69, 9.17) is 5.73 Å². The average molecular weight is 256 g/mol. The number of hydrogen-bond donors (Lipinski definition) is 1. The fourth-order valence-corrected chi connectivity index (χ4v) is 2.68. The van der Waals surface area contributed by atoms with E-state index in [2.05, 4.69) is 34.3 Å². The molecule has 0 atom stereocenters. The van der Waals surface area contributed by atoms with Crippen molar-refractivity contribution in [3.8, 4) is 0 Å². The van der Waals surface area contributed by atoms with Gasteiger partial charge in [0.1, 0.15) is 5.82 Å². The van der Waals surface area contributed by atoms with Crippen LogP contribution in [0.5, 0.6) is 0 Å². The third kappa shape index (κ3) is 2.96. The number of anilines is 1. The minimum Gasteiger partial charge on any atom is -0.382 e. The van der Waals surface area contributed by atoms with Gasteiger partial charge in [-0.15, -0.1) is 0 Å². The minimum atomic E-state index is 0.600. The number of nitrogens with zero attached hydrogens (tertiary/aromatic N) is 3. The van der Waals surface area contributed by atoms with Crippen molar-refractivity contribution in [2.45, 2.75) is 19.4 Å². The van der Waals surface area contributed by atoms with Crippen molar-refractivity contribution in [1.29, 1.82) is 0 Å². The van der Waals surface area contributed by atoms with Crippen LogP contribution in [0.2, 0.25) is 0 Å². The smallest absolute Gasteiger partial charge is 0.145 e. The standard InChI is InChI=1S/C15H20N4/c16-15-7-10-19(17-15)12-11-18-8-5-13-3-1-2-4-14(13)6-9-18/h1-4,7,10H,5-6,8-9,11-12H2,(H2,16,17). The van der Waals surface area contributed by atoms with Crippen LogP contribution in [0.4, 0.5) is 5.82 Å². The van der Waals surface area contributed by atoms with Crippen molar-refractivity contribution in [2.75, 3.05) is 25.4 Å². The van der Waals surface area contributed by atoms with E-state index in [1.807, 2.05) is 16.9 Å². The van der Waals surface area contributed by atoms with Crippen LogP contribution in [-0.4, -0.2) is 34.3 Å². The molecule has 1 aliphatic rings. The molecule has 4 nitrogen and oxygen atoms in total. The molecule has 2 N–H and O–H groups in total. The van der Waals surface area contributed by atoms with Crippen LogP contribution >= 0.6 is 0 Å². The Kier molecular flexibility index (Phi) is 3.51. The summed E-state index contributed by atoms with van der Waals surface area (Å²) in [6.45, 7) is 4.21. The molecule has 1 aromatic heterocycles. The molecule has 0 saturated carbocycles. The van der Waals surface area contributed by atoms with Crippen LogP contribution in [0.15, 0.2) is 36.5 Å². The molecule has 100 valence electrons. The minimum absolute atomic E-state index is 0.600. The van der Waals surface area contributed by atoms with E-state index in [0.717, 1.165) is 39.0 Å². The summed E-state index contributed by atoms with van der Waals surface area (Å²) in [6, 6.07) is 10.6. The molecule has 1 aliphatic heterocycles. The molecule has 0 saturated heterocycles. The Morgan fingerprint density at radius 1 is 1.00 bits per heavy atom. The Labute approximate surface area is 113 Å². The Balaban J connectivity index is 1.57. The molecule has 3 rings (SSSR count). The van der Waals surface area contributed by atoms with Crippen molar-refractivity contribution < 1.29 is 0 Å². The first kappa shape index (κ1) is 12.2. The first-order valence-electron chi connectivity index (χ1n) is 6.89. The molecule has 4 heteroatoms. The van der Waals surface area contributed by atoms with E-state index in [-0.39, 0.29) is 0 Å². The lowest BCUT2D eigenvalue weighted by Gasteiger charge is -2.19. The number of rotatable bonds is 3. The van der Waals surface area contributed by atoms with Crippen LogP contribution in [0, 0.1) is 0 Å². The summed E-state index contributed by atoms with van der Waals surface area (Å²) < 4.78 is 1.92. The number of nitrogen functional groups attached to an aromatic ring is 1. The second-order valence-corrected chi connectivity index (χ2v) is 5.11. The summed E-state index contributed by atoms with van der Waals surface area (Å²) in [4.78, 5) is 2.51. The van der Waals surface area contributed by atoms with E-state index < -0.39 is 0 Å². The molecular weight excluding hydrogens is 236 g/mol. The van der Waals surface area contributed by atoms with E-state index in [1.54, 1.807) is 0 Å². The van der Waals surface area contributed by atoms with Gasteiger partial charge in [0.15, 0.2) is 0 Å². The number of benzene rings is 1. The fourth-order valence-electron chi connectivity index (χ4n) is 2.68. The summed E-state index contributed by atoms with van der Waals surface area (Å²) in [5.74, 6) is 0.600. The lowest BCUT2D eigenvalue weighted by atomic mass is 10.0. The monoisotopic (exact) mass is 256 g/mol. The van der Waals surface area contributed by atoms with Crippen LogP contribution in [0.3, 0.4) is 0 Å². The van der Waals surface area contributed by atoms with Gasteiger partial charge in [-0.05, 0) is 30.0 Å². The maximum absolute atomic E-state index is 5.62. The predicted octanol–water partition coefficient (Wildman–Crippen LogP) is 1.57. The molecule has 2 aromatic rings. The summed E-state index contributed by atoms with van der Waals surface area (Å²) in [5.41, 5.74) is 8.64. The highest BCUT2D eigenvalue weighted by molar-refractivity contribution is 5.28. The predicted molar refractivity (Wildman–Crippen MR) is 76.9 cm³/mol. The Morgan fingerprint density at radius 2 is 1.68 bits per heavy atom. The van der Waals surface area contributed by atoms with Gasteiger partial charge < -0.3 is 10.6 Å². The van der Waals surface area contributed by atoms with Crippen molar-refractivity contribution in [1.82, 2.24) is 14.7 Å². The SMILES string of the molecule is Nc1ccn(CCN2CCc3ccccc3CC2)n1. The summed E-state index contributed by atoms with van der Waals surface area (Å²) >= 11 is 0. The van der Waals surface area contributed by atoms with Crippen LogP contribution < -0.4 is 5.73 Å². The number of nitrogens with two attached hydrogens (primary N) is 1. The van der Waals surface area contributed by atoms with Gasteiger partial charge in [-0.2, -0.15) is 5.10 Å².